The third-order valence-electron chi connectivity index (χ3n) is 3.43. The summed E-state index contributed by atoms with van der Waals surface area (Å²) in [5, 5.41) is 3.84. The van der Waals surface area contributed by atoms with Crippen molar-refractivity contribution in [3.8, 4) is 0 Å². The summed E-state index contributed by atoms with van der Waals surface area (Å²) in [6.45, 7) is 5.86. The van der Waals surface area contributed by atoms with Gasteiger partial charge in [0.2, 0.25) is 5.91 Å². The van der Waals surface area contributed by atoms with E-state index < -0.39 is 5.54 Å². The molecule has 1 aromatic rings. The van der Waals surface area contributed by atoms with Crippen molar-refractivity contribution in [3.05, 3.63) is 27.7 Å². The van der Waals surface area contributed by atoms with Crippen molar-refractivity contribution in [1.82, 2.24) is 0 Å². The summed E-state index contributed by atoms with van der Waals surface area (Å²) in [6, 6.07) is 5.44. The van der Waals surface area contributed by atoms with Crippen molar-refractivity contribution in [1.29, 1.82) is 0 Å². The molecule has 1 aromatic carbocycles. The molecule has 3 N–H and O–H groups in total. The zero-order valence-electron chi connectivity index (χ0n) is 10.8. The lowest BCUT2D eigenvalue weighted by Crippen LogP contribution is -2.52. The minimum absolute atomic E-state index is 0.129. The van der Waals surface area contributed by atoms with E-state index >= 15 is 0 Å². The van der Waals surface area contributed by atoms with Crippen molar-refractivity contribution >= 4 is 39.1 Å². The first-order valence-corrected chi connectivity index (χ1v) is 7.01. The Hall–Kier alpha value is -0.740. The number of nitrogens with two attached hydrogens (primary N) is 1. The Balaban J connectivity index is 3.04. The Kier molecular flexibility index (Phi) is 5.05. The summed E-state index contributed by atoms with van der Waals surface area (Å²) in [4.78, 5) is 11.7. The number of anilines is 1. The van der Waals surface area contributed by atoms with E-state index in [1.807, 2.05) is 32.9 Å². The molecular formula is C13H18BrClN2O. The number of primary amides is 1. The highest BCUT2D eigenvalue weighted by Crippen LogP contribution is 2.30. The Morgan fingerprint density at radius 3 is 2.67 bits per heavy atom. The largest absolute Gasteiger partial charge is 0.371 e. The zero-order chi connectivity index (χ0) is 13.9. The highest BCUT2D eigenvalue weighted by atomic mass is 79.9. The van der Waals surface area contributed by atoms with Crippen LogP contribution in [0.25, 0.3) is 0 Å². The number of hydrogen-bond acceptors (Lipinski definition) is 2. The van der Waals surface area contributed by atoms with Crippen LogP contribution in [0.3, 0.4) is 0 Å². The van der Waals surface area contributed by atoms with Gasteiger partial charge in [-0.25, -0.2) is 0 Å². The van der Waals surface area contributed by atoms with Crippen LogP contribution in [-0.2, 0) is 4.79 Å². The van der Waals surface area contributed by atoms with E-state index in [-0.39, 0.29) is 11.8 Å². The summed E-state index contributed by atoms with van der Waals surface area (Å²) in [6.07, 6.45) is 0.862. The van der Waals surface area contributed by atoms with Gasteiger partial charge in [-0.15, -0.1) is 0 Å². The first-order valence-electron chi connectivity index (χ1n) is 5.84. The summed E-state index contributed by atoms with van der Waals surface area (Å²) in [5.41, 5.74) is 5.56. The number of benzene rings is 1. The molecule has 0 saturated heterocycles. The Labute approximate surface area is 121 Å². The van der Waals surface area contributed by atoms with Crippen molar-refractivity contribution in [2.24, 2.45) is 11.7 Å². The maximum Gasteiger partial charge on any atom is 0.243 e. The van der Waals surface area contributed by atoms with E-state index in [4.69, 9.17) is 17.3 Å². The van der Waals surface area contributed by atoms with E-state index in [0.29, 0.717) is 5.02 Å². The Bertz CT molecular complexity index is 453. The SMILES string of the molecule is CCC(C)C(C)(Nc1ccc(Cl)c(Br)c1)C(N)=O. The molecule has 3 nitrogen and oxygen atoms in total. The molecule has 18 heavy (non-hydrogen) atoms. The summed E-state index contributed by atoms with van der Waals surface area (Å²) in [7, 11) is 0. The van der Waals surface area contributed by atoms with Gasteiger partial charge < -0.3 is 11.1 Å². The van der Waals surface area contributed by atoms with Crippen LogP contribution < -0.4 is 11.1 Å². The molecule has 1 rings (SSSR count). The van der Waals surface area contributed by atoms with Gasteiger partial charge in [0, 0.05) is 10.2 Å². The number of carbonyl (C=O) groups is 1. The second-order valence-electron chi connectivity index (χ2n) is 4.63. The van der Waals surface area contributed by atoms with Crippen molar-refractivity contribution in [2.45, 2.75) is 32.7 Å². The Morgan fingerprint density at radius 2 is 2.22 bits per heavy atom. The van der Waals surface area contributed by atoms with Crippen LogP contribution in [0.15, 0.2) is 22.7 Å². The molecule has 0 aromatic heterocycles. The topological polar surface area (TPSA) is 55.1 Å². The third-order valence-corrected chi connectivity index (χ3v) is 4.65. The van der Waals surface area contributed by atoms with Gasteiger partial charge in [-0.05, 0) is 47.0 Å². The van der Waals surface area contributed by atoms with E-state index in [2.05, 4.69) is 21.2 Å². The van der Waals surface area contributed by atoms with Gasteiger partial charge in [0.05, 0.1) is 5.02 Å². The van der Waals surface area contributed by atoms with Crippen LogP contribution in [-0.4, -0.2) is 11.4 Å². The summed E-state index contributed by atoms with van der Waals surface area (Å²) < 4.78 is 0.783. The highest BCUT2D eigenvalue weighted by molar-refractivity contribution is 9.10. The summed E-state index contributed by atoms with van der Waals surface area (Å²) >= 11 is 9.29. The monoisotopic (exact) mass is 332 g/mol. The second kappa shape index (κ2) is 5.93. The molecule has 2 atom stereocenters. The molecule has 100 valence electrons. The van der Waals surface area contributed by atoms with Crippen LogP contribution in [0.5, 0.6) is 0 Å². The number of halogens is 2. The van der Waals surface area contributed by atoms with Gasteiger partial charge in [0.15, 0.2) is 0 Å². The average Bonchev–Trinajstić information content (AvgIpc) is 2.32. The highest BCUT2D eigenvalue weighted by Gasteiger charge is 2.36. The van der Waals surface area contributed by atoms with Crippen molar-refractivity contribution < 1.29 is 4.79 Å². The molecule has 0 aliphatic heterocycles. The molecule has 0 heterocycles. The zero-order valence-corrected chi connectivity index (χ0v) is 13.1. The van der Waals surface area contributed by atoms with Gasteiger partial charge in [-0.1, -0.05) is 31.9 Å². The fourth-order valence-electron chi connectivity index (χ4n) is 1.71. The summed E-state index contributed by atoms with van der Waals surface area (Å²) in [5.74, 6) is -0.229. The van der Waals surface area contributed by atoms with Gasteiger partial charge in [0.25, 0.3) is 0 Å². The van der Waals surface area contributed by atoms with E-state index in [0.717, 1.165) is 16.6 Å². The van der Waals surface area contributed by atoms with Gasteiger partial charge in [-0.2, -0.15) is 0 Å². The van der Waals surface area contributed by atoms with E-state index in [9.17, 15) is 4.79 Å². The predicted octanol–water partition coefficient (Wildman–Crippen LogP) is 3.80. The molecule has 2 unspecified atom stereocenters. The number of carbonyl (C=O) groups excluding carboxylic acids is 1. The van der Waals surface area contributed by atoms with Crippen molar-refractivity contribution in [2.75, 3.05) is 5.32 Å². The maximum atomic E-state index is 11.7. The normalized spacial score (nSPS) is 15.8. The molecule has 0 fully saturated rings. The average molecular weight is 334 g/mol. The van der Waals surface area contributed by atoms with Gasteiger partial charge in [-0.3, -0.25) is 4.79 Å². The second-order valence-corrected chi connectivity index (χ2v) is 5.89. The molecule has 0 radical (unpaired) electrons. The predicted molar refractivity (Wildman–Crippen MR) is 79.8 cm³/mol. The van der Waals surface area contributed by atoms with Crippen LogP contribution in [0.4, 0.5) is 5.69 Å². The molecular weight excluding hydrogens is 316 g/mol. The minimum atomic E-state index is -0.776. The van der Waals surface area contributed by atoms with Crippen molar-refractivity contribution in [3.63, 3.8) is 0 Å². The molecule has 0 bridgehead atoms. The lowest BCUT2D eigenvalue weighted by Gasteiger charge is -2.34. The van der Waals surface area contributed by atoms with Crippen LogP contribution in [0.1, 0.15) is 27.2 Å². The molecule has 0 spiro atoms. The van der Waals surface area contributed by atoms with E-state index in [1.165, 1.54) is 0 Å². The Morgan fingerprint density at radius 1 is 1.61 bits per heavy atom. The van der Waals surface area contributed by atoms with Crippen LogP contribution in [0, 0.1) is 5.92 Å². The number of nitrogens with one attached hydrogen (secondary N) is 1. The lowest BCUT2D eigenvalue weighted by atomic mass is 9.84. The molecule has 0 aliphatic carbocycles. The van der Waals surface area contributed by atoms with E-state index in [1.54, 1.807) is 6.07 Å². The van der Waals surface area contributed by atoms with Gasteiger partial charge >= 0.3 is 0 Å². The molecule has 0 aliphatic rings. The molecule has 1 amide bonds. The maximum absolute atomic E-state index is 11.7. The first kappa shape index (κ1) is 15.3. The fraction of sp³-hybridized carbons (Fsp3) is 0.462. The lowest BCUT2D eigenvalue weighted by molar-refractivity contribution is -0.123. The number of hydrogen-bond donors (Lipinski definition) is 2. The number of amides is 1. The third kappa shape index (κ3) is 3.18. The van der Waals surface area contributed by atoms with Gasteiger partial charge in [0.1, 0.15) is 5.54 Å². The standard InChI is InChI=1S/C13H18BrClN2O/c1-4-8(2)13(3,12(16)18)17-9-5-6-11(15)10(14)7-9/h5-8,17H,4H2,1-3H3,(H2,16,18). The first-order chi connectivity index (χ1) is 8.31. The molecule has 5 heteroatoms. The quantitative estimate of drug-likeness (QED) is 0.861. The fourth-order valence-corrected chi connectivity index (χ4v) is 2.21. The molecule has 0 saturated carbocycles. The van der Waals surface area contributed by atoms with Crippen LogP contribution in [0.2, 0.25) is 5.02 Å². The number of rotatable bonds is 5. The van der Waals surface area contributed by atoms with Crippen LogP contribution >= 0.6 is 27.5 Å². The minimum Gasteiger partial charge on any atom is -0.371 e. The smallest absolute Gasteiger partial charge is 0.243 e.